The highest BCUT2D eigenvalue weighted by molar-refractivity contribution is 5.63. The Bertz CT molecular complexity index is 277. The van der Waals surface area contributed by atoms with Crippen LogP contribution >= 0.6 is 0 Å². The van der Waals surface area contributed by atoms with Crippen LogP contribution in [0.1, 0.15) is 25.1 Å². The van der Waals surface area contributed by atoms with Crippen molar-refractivity contribution in [3.63, 3.8) is 0 Å². The van der Waals surface area contributed by atoms with Gasteiger partial charge in [0.2, 0.25) is 0 Å². The summed E-state index contributed by atoms with van der Waals surface area (Å²) in [6, 6.07) is 0. The molecule has 1 aromatic rings. The molecule has 1 aromatic heterocycles. The molecule has 0 atom stereocenters. The highest BCUT2D eigenvalue weighted by Crippen LogP contribution is 2.13. The molecular formula is C9H12N2. The van der Waals surface area contributed by atoms with Gasteiger partial charge in [-0.05, 0) is 26.3 Å². The van der Waals surface area contributed by atoms with Gasteiger partial charge in [-0.25, -0.2) is 9.97 Å². The van der Waals surface area contributed by atoms with Crippen LogP contribution in [0.2, 0.25) is 0 Å². The fourth-order valence-corrected chi connectivity index (χ4v) is 0.933. The number of aromatic nitrogens is 2. The Balaban J connectivity index is 3.14. The van der Waals surface area contributed by atoms with Gasteiger partial charge < -0.3 is 0 Å². The number of allylic oxidation sites excluding steroid dienone is 2. The third-order valence-corrected chi connectivity index (χ3v) is 1.77. The Morgan fingerprint density at radius 1 is 1.55 bits per heavy atom. The Kier molecular flexibility index (Phi) is 2.36. The van der Waals surface area contributed by atoms with Crippen LogP contribution in [0.4, 0.5) is 0 Å². The van der Waals surface area contributed by atoms with Crippen molar-refractivity contribution in [2.75, 3.05) is 0 Å². The molecule has 0 spiro atoms. The van der Waals surface area contributed by atoms with Crippen LogP contribution in [0.5, 0.6) is 0 Å². The normalized spacial score (nSPS) is 11.7. The first-order chi connectivity index (χ1) is 5.25. The molecule has 0 N–H and O–H groups in total. The van der Waals surface area contributed by atoms with E-state index in [1.165, 1.54) is 5.57 Å². The van der Waals surface area contributed by atoms with Crippen molar-refractivity contribution in [2.45, 2.75) is 20.8 Å². The molecule has 0 saturated carbocycles. The number of hydrogen-bond donors (Lipinski definition) is 0. The van der Waals surface area contributed by atoms with Crippen LogP contribution in [0.15, 0.2) is 18.6 Å². The lowest BCUT2D eigenvalue weighted by atomic mass is 10.1. The summed E-state index contributed by atoms with van der Waals surface area (Å²) in [4.78, 5) is 8.06. The van der Waals surface area contributed by atoms with Crippen LogP contribution < -0.4 is 0 Å². The number of nitrogens with zero attached hydrogens (tertiary/aromatic N) is 2. The largest absolute Gasteiger partial charge is 0.244 e. The molecule has 0 unspecified atom stereocenters. The van der Waals surface area contributed by atoms with Gasteiger partial charge in [0.05, 0.1) is 0 Å². The molecule has 0 aliphatic carbocycles. The smallest absolute Gasteiger partial charge is 0.115 e. The van der Waals surface area contributed by atoms with Gasteiger partial charge in [-0.2, -0.15) is 0 Å². The Labute approximate surface area is 67.0 Å². The zero-order chi connectivity index (χ0) is 8.27. The maximum atomic E-state index is 4.10. The highest BCUT2D eigenvalue weighted by atomic mass is 14.8. The summed E-state index contributed by atoms with van der Waals surface area (Å²) >= 11 is 0. The van der Waals surface area contributed by atoms with Crippen molar-refractivity contribution in [3.05, 3.63) is 29.9 Å². The minimum absolute atomic E-state index is 1.04. The summed E-state index contributed by atoms with van der Waals surface area (Å²) in [5.74, 6) is 0. The number of rotatable bonds is 1. The van der Waals surface area contributed by atoms with E-state index >= 15 is 0 Å². The molecule has 0 bridgehead atoms. The van der Waals surface area contributed by atoms with E-state index in [9.17, 15) is 0 Å². The highest BCUT2D eigenvalue weighted by Gasteiger charge is 1.98. The van der Waals surface area contributed by atoms with Gasteiger partial charge in [0.15, 0.2) is 0 Å². The van der Waals surface area contributed by atoms with Crippen molar-refractivity contribution < 1.29 is 0 Å². The average Bonchev–Trinajstić information content (AvgIpc) is 2.04. The summed E-state index contributed by atoms with van der Waals surface area (Å²) in [5, 5.41) is 0. The molecule has 58 valence electrons. The van der Waals surface area contributed by atoms with Crippen molar-refractivity contribution in [2.24, 2.45) is 0 Å². The molecular weight excluding hydrogens is 136 g/mol. The quantitative estimate of drug-likeness (QED) is 0.610. The second-order valence-corrected chi connectivity index (χ2v) is 2.49. The summed E-state index contributed by atoms with van der Waals surface area (Å²) in [6.45, 7) is 6.07. The predicted octanol–water partition coefficient (Wildman–Crippen LogP) is 2.21. The zero-order valence-electron chi connectivity index (χ0n) is 7.13. The van der Waals surface area contributed by atoms with E-state index in [2.05, 4.69) is 23.0 Å². The summed E-state index contributed by atoms with van der Waals surface area (Å²) in [7, 11) is 0. The van der Waals surface area contributed by atoms with Crippen LogP contribution in [0.25, 0.3) is 5.57 Å². The number of hydrogen-bond acceptors (Lipinski definition) is 2. The lowest BCUT2D eigenvalue weighted by Crippen LogP contribution is -1.90. The molecule has 2 heteroatoms. The molecule has 1 heterocycles. The van der Waals surface area contributed by atoms with Gasteiger partial charge in [-0.1, -0.05) is 6.08 Å². The maximum Gasteiger partial charge on any atom is 0.115 e. The Hall–Kier alpha value is -1.18. The van der Waals surface area contributed by atoms with E-state index in [4.69, 9.17) is 0 Å². The monoisotopic (exact) mass is 148 g/mol. The second kappa shape index (κ2) is 3.28. The Morgan fingerprint density at radius 3 is 2.82 bits per heavy atom. The fourth-order valence-electron chi connectivity index (χ4n) is 0.933. The van der Waals surface area contributed by atoms with Crippen LogP contribution in [-0.4, -0.2) is 9.97 Å². The molecule has 0 saturated heterocycles. The lowest BCUT2D eigenvalue weighted by Gasteiger charge is -2.01. The first kappa shape index (κ1) is 7.92. The van der Waals surface area contributed by atoms with Gasteiger partial charge in [0, 0.05) is 17.5 Å². The first-order valence-corrected chi connectivity index (χ1v) is 3.65. The van der Waals surface area contributed by atoms with E-state index < -0.39 is 0 Å². The van der Waals surface area contributed by atoms with E-state index in [0.29, 0.717) is 0 Å². The minimum Gasteiger partial charge on any atom is -0.244 e. The van der Waals surface area contributed by atoms with Crippen molar-refractivity contribution in [1.82, 2.24) is 9.97 Å². The zero-order valence-corrected chi connectivity index (χ0v) is 7.13. The van der Waals surface area contributed by atoms with Gasteiger partial charge in [0.25, 0.3) is 0 Å². The maximum absolute atomic E-state index is 4.10. The van der Waals surface area contributed by atoms with Crippen LogP contribution in [0.3, 0.4) is 0 Å². The Morgan fingerprint density at radius 2 is 2.27 bits per heavy atom. The lowest BCUT2D eigenvalue weighted by molar-refractivity contribution is 1.08. The van der Waals surface area contributed by atoms with E-state index in [1.54, 1.807) is 6.33 Å². The van der Waals surface area contributed by atoms with Gasteiger partial charge >= 0.3 is 0 Å². The van der Waals surface area contributed by atoms with Crippen LogP contribution in [-0.2, 0) is 0 Å². The van der Waals surface area contributed by atoms with Crippen molar-refractivity contribution in [1.29, 1.82) is 0 Å². The fraction of sp³-hybridized carbons (Fsp3) is 0.333. The van der Waals surface area contributed by atoms with Crippen LogP contribution in [0, 0.1) is 6.92 Å². The van der Waals surface area contributed by atoms with Gasteiger partial charge in [0.1, 0.15) is 6.33 Å². The standard InChI is InChI=1S/C9H12N2/c1-4-7(2)9-5-10-6-11-8(9)3/h4-6H,1-3H3. The predicted molar refractivity (Wildman–Crippen MR) is 46.1 cm³/mol. The molecule has 11 heavy (non-hydrogen) atoms. The molecule has 0 aromatic carbocycles. The summed E-state index contributed by atoms with van der Waals surface area (Å²) in [6.07, 6.45) is 5.48. The van der Waals surface area contributed by atoms with Gasteiger partial charge in [-0.15, -0.1) is 0 Å². The SMILES string of the molecule is CC=C(C)c1cncnc1C. The first-order valence-electron chi connectivity index (χ1n) is 3.65. The van der Waals surface area contributed by atoms with Crippen molar-refractivity contribution in [3.8, 4) is 0 Å². The average molecular weight is 148 g/mol. The van der Waals surface area contributed by atoms with Crippen molar-refractivity contribution >= 4 is 5.57 Å². The second-order valence-electron chi connectivity index (χ2n) is 2.49. The third-order valence-electron chi connectivity index (χ3n) is 1.77. The molecule has 0 aliphatic heterocycles. The molecule has 0 aliphatic rings. The molecule has 0 amide bonds. The van der Waals surface area contributed by atoms with E-state index in [-0.39, 0.29) is 0 Å². The van der Waals surface area contributed by atoms with Gasteiger partial charge in [-0.3, -0.25) is 0 Å². The summed E-state index contributed by atoms with van der Waals surface area (Å²) in [5.41, 5.74) is 3.40. The van der Waals surface area contributed by atoms with E-state index in [0.717, 1.165) is 11.3 Å². The van der Waals surface area contributed by atoms with E-state index in [1.807, 2.05) is 20.0 Å². The molecule has 0 fully saturated rings. The summed E-state index contributed by atoms with van der Waals surface area (Å²) < 4.78 is 0. The molecule has 1 rings (SSSR count). The third kappa shape index (κ3) is 1.64. The molecule has 2 nitrogen and oxygen atoms in total. The topological polar surface area (TPSA) is 25.8 Å². The number of aryl methyl sites for hydroxylation is 1. The molecule has 0 radical (unpaired) electrons. The minimum atomic E-state index is 1.04.